The van der Waals surface area contributed by atoms with Gasteiger partial charge in [-0.05, 0) is 31.4 Å². The Balaban J connectivity index is 2.25. The Bertz CT molecular complexity index is 565. The van der Waals surface area contributed by atoms with Gasteiger partial charge in [-0.2, -0.15) is 13.2 Å². The van der Waals surface area contributed by atoms with Crippen LogP contribution in [0, 0.1) is 5.41 Å². The predicted molar refractivity (Wildman–Crippen MR) is 77.2 cm³/mol. The van der Waals surface area contributed by atoms with E-state index in [1.54, 1.807) is 4.90 Å². The lowest BCUT2D eigenvalue weighted by Crippen LogP contribution is -2.48. The van der Waals surface area contributed by atoms with Crippen LogP contribution in [0.25, 0.3) is 0 Å². The molecule has 2 heterocycles. The van der Waals surface area contributed by atoms with Crippen LogP contribution in [0.15, 0.2) is 18.2 Å². The molecular formula is C15H19F3N2O3. The van der Waals surface area contributed by atoms with E-state index in [1.807, 2.05) is 0 Å². The van der Waals surface area contributed by atoms with Crippen molar-refractivity contribution in [2.45, 2.75) is 25.4 Å². The summed E-state index contributed by atoms with van der Waals surface area (Å²) in [7, 11) is 1.49. The number of carbonyl (C=O) groups is 1. The number of methoxy groups -OCH3 is 1. The van der Waals surface area contributed by atoms with Crippen molar-refractivity contribution in [1.29, 1.82) is 0 Å². The highest BCUT2D eigenvalue weighted by Gasteiger charge is 2.42. The number of hydrogen-bond acceptors (Lipinski definition) is 4. The summed E-state index contributed by atoms with van der Waals surface area (Å²) < 4.78 is 43.3. The molecule has 1 aliphatic rings. The van der Waals surface area contributed by atoms with E-state index in [-0.39, 0.29) is 19.0 Å². The number of piperidine rings is 1. The minimum absolute atomic E-state index is 0.125. The normalized spacial score (nSPS) is 22.2. The summed E-state index contributed by atoms with van der Waals surface area (Å²) in [6.07, 6.45) is -3.16. The Labute approximate surface area is 132 Å². The quantitative estimate of drug-likeness (QED) is 0.898. The van der Waals surface area contributed by atoms with Crippen molar-refractivity contribution in [3.63, 3.8) is 0 Å². The van der Waals surface area contributed by atoms with E-state index in [1.165, 1.54) is 19.2 Å². The van der Waals surface area contributed by atoms with E-state index in [0.717, 1.165) is 6.07 Å². The molecule has 8 heteroatoms. The average molecular weight is 332 g/mol. The number of nitrogens with zero attached hydrogens (tertiary/aromatic N) is 2. The zero-order valence-corrected chi connectivity index (χ0v) is 12.8. The maximum atomic E-state index is 12.8. The summed E-state index contributed by atoms with van der Waals surface area (Å²) in [6.45, 7) is 0.895. The third-order valence-corrected chi connectivity index (χ3v) is 4.16. The number of halogens is 3. The van der Waals surface area contributed by atoms with Gasteiger partial charge in [-0.1, -0.05) is 6.07 Å². The van der Waals surface area contributed by atoms with Gasteiger partial charge in [0, 0.05) is 26.8 Å². The lowest BCUT2D eigenvalue weighted by molar-refractivity contribution is -0.151. The minimum atomic E-state index is -4.52. The van der Waals surface area contributed by atoms with Crippen LogP contribution in [0.4, 0.5) is 19.0 Å². The molecular weight excluding hydrogens is 313 g/mol. The Morgan fingerprint density at radius 2 is 2.22 bits per heavy atom. The highest BCUT2D eigenvalue weighted by Crippen LogP contribution is 2.36. The van der Waals surface area contributed by atoms with E-state index >= 15 is 0 Å². The van der Waals surface area contributed by atoms with Crippen LogP contribution in [0.3, 0.4) is 0 Å². The van der Waals surface area contributed by atoms with Gasteiger partial charge in [-0.3, -0.25) is 4.79 Å². The lowest BCUT2D eigenvalue weighted by Gasteiger charge is -2.40. The minimum Gasteiger partial charge on any atom is -0.481 e. The van der Waals surface area contributed by atoms with Crippen molar-refractivity contribution in [2.24, 2.45) is 5.41 Å². The molecule has 1 atom stereocenters. The van der Waals surface area contributed by atoms with Crippen molar-refractivity contribution < 1.29 is 27.8 Å². The smallest absolute Gasteiger partial charge is 0.433 e. The second-order valence-corrected chi connectivity index (χ2v) is 5.73. The topological polar surface area (TPSA) is 62.7 Å². The van der Waals surface area contributed by atoms with Gasteiger partial charge in [-0.25, -0.2) is 4.98 Å². The Kier molecular flexibility index (Phi) is 5.13. The van der Waals surface area contributed by atoms with Crippen molar-refractivity contribution in [3.8, 4) is 0 Å². The van der Waals surface area contributed by atoms with Crippen LogP contribution >= 0.6 is 0 Å². The summed E-state index contributed by atoms with van der Waals surface area (Å²) in [6, 6.07) is 3.67. The number of anilines is 1. The van der Waals surface area contributed by atoms with Gasteiger partial charge in [0.05, 0.1) is 5.41 Å². The van der Waals surface area contributed by atoms with E-state index in [9.17, 15) is 23.1 Å². The molecule has 5 nitrogen and oxygen atoms in total. The van der Waals surface area contributed by atoms with Crippen LogP contribution in [0.5, 0.6) is 0 Å². The van der Waals surface area contributed by atoms with Gasteiger partial charge < -0.3 is 14.7 Å². The largest absolute Gasteiger partial charge is 0.481 e. The van der Waals surface area contributed by atoms with Crippen molar-refractivity contribution >= 4 is 11.8 Å². The molecule has 1 fully saturated rings. The van der Waals surface area contributed by atoms with Crippen LogP contribution in [-0.4, -0.2) is 42.9 Å². The van der Waals surface area contributed by atoms with Gasteiger partial charge in [-0.15, -0.1) is 0 Å². The number of pyridine rings is 1. The molecule has 128 valence electrons. The van der Waals surface area contributed by atoms with Crippen molar-refractivity contribution in [2.75, 3.05) is 31.7 Å². The standard InChI is InChI=1S/C15H19F3N2O3/c1-23-9-7-14(13(21)22)6-3-8-20(10-14)12-5-2-4-11(19-12)15(16,17)18/h2,4-5H,3,6-10H2,1H3,(H,21,22)/t14-/m1/s1. The van der Waals surface area contributed by atoms with Crippen LogP contribution in [0.1, 0.15) is 25.0 Å². The first kappa shape index (κ1) is 17.5. The molecule has 1 saturated heterocycles. The second kappa shape index (κ2) is 6.74. The number of carboxylic acids is 1. The van der Waals surface area contributed by atoms with E-state index < -0.39 is 23.3 Å². The fourth-order valence-electron chi connectivity index (χ4n) is 2.87. The monoisotopic (exact) mass is 332 g/mol. The van der Waals surface area contributed by atoms with E-state index in [2.05, 4.69) is 4.98 Å². The first-order chi connectivity index (χ1) is 10.8. The Morgan fingerprint density at radius 1 is 1.48 bits per heavy atom. The molecule has 0 saturated carbocycles. The number of rotatable bonds is 5. The predicted octanol–water partition coefficient (Wildman–Crippen LogP) is 2.81. The fourth-order valence-corrected chi connectivity index (χ4v) is 2.87. The first-order valence-electron chi connectivity index (χ1n) is 7.30. The maximum absolute atomic E-state index is 12.8. The molecule has 0 unspecified atom stereocenters. The first-order valence-corrected chi connectivity index (χ1v) is 7.30. The van der Waals surface area contributed by atoms with Crippen LogP contribution in [-0.2, 0) is 15.7 Å². The number of aliphatic carboxylic acids is 1. The number of carboxylic acid groups (broad SMARTS) is 1. The Hall–Kier alpha value is -1.83. The molecule has 0 aromatic carbocycles. The van der Waals surface area contributed by atoms with Gasteiger partial charge in [0.1, 0.15) is 11.5 Å². The maximum Gasteiger partial charge on any atom is 0.433 e. The molecule has 0 radical (unpaired) electrons. The second-order valence-electron chi connectivity index (χ2n) is 5.73. The summed E-state index contributed by atoms with van der Waals surface area (Å²) in [5.74, 6) is -0.797. The zero-order valence-electron chi connectivity index (χ0n) is 12.8. The number of alkyl halides is 3. The summed E-state index contributed by atoms with van der Waals surface area (Å²) in [4.78, 5) is 17.0. The average Bonchev–Trinajstić information content (AvgIpc) is 2.52. The van der Waals surface area contributed by atoms with Crippen molar-refractivity contribution in [3.05, 3.63) is 23.9 Å². The van der Waals surface area contributed by atoms with E-state index in [0.29, 0.717) is 25.8 Å². The molecule has 0 spiro atoms. The molecule has 1 aromatic heterocycles. The molecule has 0 bridgehead atoms. The van der Waals surface area contributed by atoms with Crippen LogP contribution < -0.4 is 4.90 Å². The fraction of sp³-hybridized carbons (Fsp3) is 0.600. The van der Waals surface area contributed by atoms with Gasteiger partial charge >= 0.3 is 12.1 Å². The Morgan fingerprint density at radius 3 is 2.83 bits per heavy atom. The summed E-state index contributed by atoms with van der Waals surface area (Å²) in [5, 5.41) is 9.58. The molecule has 1 aliphatic heterocycles. The summed E-state index contributed by atoms with van der Waals surface area (Å²) in [5.41, 5.74) is -2.00. The number of ether oxygens (including phenoxy) is 1. The third-order valence-electron chi connectivity index (χ3n) is 4.16. The van der Waals surface area contributed by atoms with Gasteiger partial charge in [0.15, 0.2) is 0 Å². The summed E-state index contributed by atoms with van der Waals surface area (Å²) >= 11 is 0. The van der Waals surface area contributed by atoms with Crippen LogP contribution in [0.2, 0.25) is 0 Å². The third kappa shape index (κ3) is 3.93. The van der Waals surface area contributed by atoms with E-state index in [4.69, 9.17) is 4.74 Å². The SMILES string of the molecule is COCC[C@]1(C(=O)O)CCCN(c2cccc(C(F)(F)F)n2)C1. The molecule has 1 aromatic rings. The molecule has 2 rings (SSSR count). The molecule has 0 aliphatic carbocycles. The van der Waals surface area contributed by atoms with Gasteiger partial charge in [0.2, 0.25) is 0 Å². The number of aromatic nitrogens is 1. The highest BCUT2D eigenvalue weighted by molar-refractivity contribution is 5.76. The zero-order chi connectivity index (χ0) is 17.1. The lowest BCUT2D eigenvalue weighted by atomic mass is 9.77. The van der Waals surface area contributed by atoms with Crippen molar-refractivity contribution in [1.82, 2.24) is 4.98 Å². The molecule has 0 amide bonds. The van der Waals surface area contributed by atoms with Gasteiger partial charge in [0.25, 0.3) is 0 Å². The number of hydrogen-bond donors (Lipinski definition) is 1. The molecule has 1 N–H and O–H groups in total. The highest BCUT2D eigenvalue weighted by atomic mass is 19.4. The molecule has 23 heavy (non-hydrogen) atoms.